The molecule has 2 rings (SSSR count). The Morgan fingerprint density at radius 2 is 2.24 bits per heavy atom. The predicted octanol–water partition coefficient (Wildman–Crippen LogP) is 3.00. The zero-order valence-corrected chi connectivity index (χ0v) is 10.5. The Morgan fingerprint density at radius 1 is 1.47 bits per heavy atom. The van der Waals surface area contributed by atoms with E-state index < -0.39 is 0 Å². The van der Waals surface area contributed by atoms with Crippen molar-refractivity contribution in [1.29, 1.82) is 0 Å². The molecule has 0 spiro atoms. The highest BCUT2D eigenvalue weighted by atomic mass is 16.1. The number of carbonyl (C=O) groups is 1. The first-order chi connectivity index (χ1) is 8.11. The van der Waals surface area contributed by atoms with Gasteiger partial charge in [-0.25, -0.2) is 0 Å². The highest BCUT2D eigenvalue weighted by Gasteiger charge is 2.11. The van der Waals surface area contributed by atoms with Gasteiger partial charge in [-0.2, -0.15) is 0 Å². The quantitative estimate of drug-likeness (QED) is 0.836. The van der Waals surface area contributed by atoms with Crippen molar-refractivity contribution in [3.05, 3.63) is 35.5 Å². The number of fused-ring (bicyclic) bond motifs is 1. The SMILES string of the molecule is CCC(C)NC(=O)c1cc2cccc(C)c2[nH]1. The number of amides is 1. The van der Waals surface area contributed by atoms with Crippen LogP contribution in [0.2, 0.25) is 0 Å². The van der Waals surface area contributed by atoms with Gasteiger partial charge >= 0.3 is 0 Å². The van der Waals surface area contributed by atoms with E-state index in [1.54, 1.807) is 0 Å². The second-order valence-corrected chi connectivity index (χ2v) is 4.50. The lowest BCUT2D eigenvalue weighted by Gasteiger charge is -2.09. The van der Waals surface area contributed by atoms with E-state index >= 15 is 0 Å². The molecule has 17 heavy (non-hydrogen) atoms. The molecule has 2 aromatic rings. The maximum Gasteiger partial charge on any atom is 0.267 e. The average molecular weight is 230 g/mol. The molecule has 0 saturated heterocycles. The molecular weight excluding hydrogens is 212 g/mol. The average Bonchev–Trinajstić information content (AvgIpc) is 2.74. The van der Waals surface area contributed by atoms with Crippen molar-refractivity contribution in [2.24, 2.45) is 0 Å². The Morgan fingerprint density at radius 3 is 2.88 bits per heavy atom. The fourth-order valence-electron chi connectivity index (χ4n) is 1.83. The van der Waals surface area contributed by atoms with Crippen molar-refractivity contribution >= 4 is 16.8 Å². The molecule has 0 bridgehead atoms. The molecule has 0 saturated carbocycles. The van der Waals surface area contributed by atoms with E-state index in [0.717, 1.165) is 22.9 Å². The molecule has 3 heteroatoms. The summed E-state index contributed by atoms with van der Waals surface area (Å²) >= 11 is 0. The molecule has 0 aliphatic heterocycles. The van der Waals surface area contributed by atoms with Gasteiger partial charge in [-0.1, -0.05) is 25.1 Å². The summed E-state index contributed by atoms with van der Waals surface area (Å²) in [5.41, 5.74) is 2.83. The summed E-state index contributed by atoms with van der Waals surface area (Å²) < 4.78 is 0. The maximum absolute atomic E-state index is 12.0. The number of aromatic amines is 1. The molecule has 0 radical (unpaired) electrons. The Balaban J connectivity index is 2.30. The third-order valence-corrected chi connectivity index (χ3v) is 3.10. The van der Waals surface area contributed by atoms with Crippen LogP contribution in [0, 0.1) is 6.92 Å². The molecule has 90 valence electrons. The maximum atomic E-state index is 12.0. The molecular formula is C14H18N2O. The first-order valence-electron chi connectivity index (χ1n) is 6.01. The van der Waals surface area contributed by atoms with Crippen LogP contribution in [0.25, 0.3) is 10.9 Å². The molecule has 1 aromatic heterocycles. The highest BCUT2D eigenvalue weighted by molar-refractivity contribution is 5.98. The van der Waals surface area contributed by atoms with Crippen molar-refractivity contribution < 1.29 is 4.79 Å². The van der Waals surface area contributed by atoms with Gasteiger partial charge in [0.2, 0.25) is 0 Å². The normalized spacial score (nSPS) is 12.6. The van der Waals surface area contributed by atoms with Gasteiger partial charge in [0.25, 0.3) is 5.91 Å². The standard InChI is InChI=1S/C14H18N2O/c1-4-10(3)15-14(17)12-8-11-7-5-6-9(2)13(11)16-12/h5-8,10,16H,4H2,1-3H3,(H,15,17). The summed E-state index contributed by atoms with van der Waals surface area (Å²) in [6.45, 7) is 6.10. The van der Waals surface area contributed by atoms with Crippen LogP contribution in [-0.2, 0) is 0 Å². The second kappa shape index (κ2) is 4.62. The van der Waals surface area contributed by atoms with Gasteiger partial charge in [0.1, 0.15) is 5.69 Å². The minimum atomic E-state index is -0.0325. The first-order valence-corrected chi connectivity index (χ1v) is 6.01. The van der Waals surface area contributed by atoms with Crippen molar-refractivity contribution in [3.63, 3.8) is 0 Å². The molecule has 0 fully saturated rings. The molecule has 1 aromatic carbocycles. The summed E-state index contributed by atoms with van der Waals surface area (Å²) in [6, 6.07) is 8.16. The third-order valence-electron chi connectivity index (χ3n) is 3.10. The molecule has 3 nitrogen and oxygen atoms in total. The largest absolute Gasteiger partial charge is 0.350 e. The Hall–Kier alpha value is -1.77. The summed E-state index contributed by atoms with van der Waals surface area (Å²) in [5, 5.41) is 4.04. The van der Waals surface area contributed by atoms with Crippen LogP contribution in [0.3, 0.4) is 0 Å². The lowest BCUT2D eigenvalue weighted by molar-refractivity contribution is 0.0935. The molecule has 1 atom stereocenters. The number of aromatic nitrogens is 1. The monoisotopic (exact) mass is 230 g/mol. The van der Waals surface area contributed by atoms with Crippen LogP contribution in [0.15, 0.2) is 24.3 Å². The van der Waals surface area contributed by atoms with Gasteiger partial charge in [0.05, 0.1) is 0 Å². The number of hydrogen-bond acceptors (Lipinski definition) is 1. The van der Waals surface area contributed by atoms with Gasteiger partial charge in [-0.05, 0) is 31.9 Å². The van der Waals surface area contributed by atoms with Gasteiger partial charge in [0, 0.05) is 16.9 Å². The Bertz CT molecular complexity index is 542. The first kappa shape index (κ1) is 11.7. The molecule has 0 aliphatic carbocycles. The number of carbonyl (C=O) groups excluding carboxylic acids is 1. The van der Waals surface area contributed by atoms with Crippen LogP contribution in [0.5, 0.6) is 0 Å². The van der Waals surface area contributed by atoms with Gasteiger partial charge in [-0.15, -0.1) is 0 Å². The Kier molecular flexibility index (Phi) is 3.18. The molecule has 1 heterocycles. The summed E-state index contributed by atoms with van der Waals surface area (Å²) in [7, 11) is 0. The van der Waals surface area contributed by atoms with E-state index in [0.29, 0.717) is 5.69 Å². The minimum absolute atomic E-state index is 0.0325. The fourth-order valence-corrected chi connectivity index (χ4v) is 1.83. The number of para-hydroxylation sites is 1. The van der Waals surface area contributed by atoms with E-state index in [1.807, 2.05) is 38.1 Å². The van der Waals surface area contributed by atoms with E-state index in [4.69, 9.17) is 0 Å². The number of rotatable bonds is 3. The van der Waals surface area contributed by atoms with Crippen LogP contribution >= 0.6 is 0 Å². The van der Waals surface area contributed by atoms with Crippen LogP contribution in [0.4, 0.5) is 0 Å². The number of aryl methyl sites for hydroxylation is 1. The number of nitrogens with one attached hydrogen (secondary N) is 2. The number of hydrogen-bond donors (Lipinski definition) is 2. The summed E-state index contributed by atoms with van der Waals surface area (Å²) in [5.74, 6) is -0.0325. The molecule has 1 amide bonds. The summed E-state index contributed by atoms with van der Waals surface area (Å²) in [6.07, 6.45) is 0.936. The zero-order valence-electron chi connectivity index (χ0n) is 10.5. The van der Waals surface area contributed by atoms with Gasteiger partial charge < -0.3 is 10.3 Å². The summed E-state index contributed by atoms with van der Waals surface area (Å²) in [4.78, 5) is 15.1. The minimum Gasteiger partial charge on any atom is -0.350 e. The molecule has 0 aliphatic rings. The third kappa shape index (κ3) is 2.33. The van der Waals surface area contributed by atoms with Crippen molar-refractivity contribution in [3.8, 4) is 0 Å². The molecule has 2 N–H and O–H groups in total. The second-order valence-electron chi connectivity index (χ2n) is 4.50. The lowest BCUT2D eigenvalue weighted by Crippen LogP contribution is -2.32. The van der Waals surface area contributed by atoms with Crippen LogP contribution < -0.4 is 5.32 Å². The van der Waals surface area contributed by atoms with E-state index in [1.165, 1.54) is 0 Å². The zero-order chi connectivity index (χ0) is 12.4. The van der Waals surface area contributed by atoms with Crippen LogP contribution in [0.1, 0.15) is 36.3 Å². The van der Waals surface area contributed by atoms with E-state index in [2.05, 4.69) is 17.2 Å². The van der Waals surface area contributed by atoms with Crippen molar-refractivity contribution in [2.75, 3.05) is 0 Å². The predicted molar refractivity (Wildman–Crippen MR) is 70.3 cm³/mol. The molecule has 1 unspecified atom stereocenters. The van der Waals surface area contributed by atoms with Crippen LogP contribution in [-0.4, -0.2) is 16.9 Å². The van der Waals surface area contributed by atoms with Crippen molar-refractivity contribution in [1.82, 2.24) is 10.3 Å². The van der Waals surface area contributed by atoms with Crippen molar-refractivity contribution in [2.45, 2.75) is 33.2 Å². The lowest BCUT2D eigenvalue weighted by atomic mass is 10.2. The highest BCUT2D eigenvalue weighted by Crippen LogP contribution is 2.18. The Labute approximate surface area is 101 Å². The van der Waals surface area contributed by atoms with E-state index in [-0.39, 0.29) is 11.9 Å². The van der Waals surface area contributed by atoms with Gasteiger partial charge in [-0.3, -0.25) is 4.79 Å². The van der Waals surface area contributed by atoms with E-state index in [9.17, 15) is 4.79 Å². The smallest absolute Gasteiger partial charge is 0.267 e. The fraction of sp³-hybridized carbons (Fsp3) is 0.357. The van der Waals surface area contributed by atoms with Gasteiger partial charge in [0.15, 0.2) is 0 Å². The number of benzene rings is 1. The number of H-pyrrole nitrogens is 1. The topological polar surface area (TPSA) is 44.9 Å².